The summed E-state index contributed by atoms with van der Waals surface area (Å²) >= 11 is 0. The van der Waals surface area contributed by atoms with Crippen LogP contribution in [0.3, 0.4) is 0 Å². The first-order valence-electron chi connectivity index (χ1n) is 3.52. The summed E-state index contributed by atoms with van der Waals surface area (Å²) in [5.41, 5.74) is 0. The fourth-order valence-electron chi connectivity index (χ4n) is 1.20. The van der Waals surface area contributed by atoms with Gasteiger partial charge in [0.1, 0.15) is 0 Å². The maximum Gasteiger partial charge on any atom is 0.223 e. The van der Waals surface area contributed by atoms with Gasteiger partial charge in [-0.2, -0.15) is 0 Å². The van der Waals surface area contributed by atoms with Gasteiger partial charge in [0, 0.05) is 25.5 Å². The molecule has 1 aliphatic heterocycles. The number of carbonyl (C=O) groups is 1. The molecule has 0 aliphatic carbocycles. The SMILES string of the molecule is COC[C@H]1CNC(=O)[C@@H]1C. The fourth-order valence-corrected chi connectivity index (χ4v) is 1.20. The molecule has 1 saturated heterocycles. The molecule has 58 valence electrons. The van der Waals surface area contributed by atoms with Crippen LogP contribution in [-0.2, 0) is 9.53 Å². The van der Waals surface area contributed by atoms with E-state index in [9.17, 15) is 4.79 Å². The Bertz CT molecular complexity index is 136. The second-order valence-electron chi connectivity index (χ2n) is 2.75. The van der Waals surface area contributed by atoms with Crippen molar-refractivity contribution in [2.24, 2.45) is 11.8 Å². The highest BCUT2D eigenvalue weighted by molar-refractivity contribution is 5.80. The van der Waals surface area contributed by atoms with Gasteiger partial charge in [-0.05, 0) is 0 Å². The molecule has 0 unspecified atom stereocenters. The van der Waals surface area contributed by atoms with Crippen molar-refractivity contribution in [2.75, 3.05) is 20.3 Å². The highest BCUT2D eigenvalue weighted by atomic mass is 16.5. The molecule has 1 heterocycles. The van der Waals surface area contributed by atoms with Crippen molar-refractivity contribution in [3.05, 3.63) is 0 Å². The van der Waals surface area contributed by atoms with Crippen LogP contribution in [0.5, 0.6) is 0 Å². The molecule has 1 amide bonds. The van der Waals surface area contributed by atoms with Crippen LogP contribution in [0.1, 0.15) is 6.92 Å². The summed E-state index contributed by atoms with van der Waals surface area (Å²) in [4.78, 5) is 10.9. The van der Waals surface area contributed by atoms with Crippen molar-refractivity contribution in [2.45, 2.75) is 6.92 Å². The summed E-state index contributed by atoms with van der Waals surface area (Å²) in [5.74, 6) is 0.652. The van der Waals surface area contributed by atoms with E-state index in [2.05, 4.69) is 5.32 Å². The van der Waals surface area contributed by atoms with E-state index in [4.69, 9.17) is 4.74 Å². The number of ether oxygens (including phenoxy) is 1. The minimum atomic E-state index is 0.125. The minimum Gasteiger partial charge on any atom is -0.384 e. The standard InChI is InChI=1S/C7H13NO2/c1-5-6(4-10-2)3-8-7(5)9/h5-6H,3-4H2,1-2H3,(H,8,9)/t5-,6-/m1/s1. The Morgan fingerprint density at radius 1 is 1.80 bits per heavy atom. The van der Waals surface area contributed by atoms with Crippen LogP contribution < -0.4 is 5.32 Å². The lowest BCUT2D eigenvalue weighted by atomic mass is 9.99. The van der Waals surface area contributed by atoms with Gasteiger partial charge in [-0.15, -0.1) is 0 Å². The van der Waals surface area contributed by atoms with E-state index in [1.807, 2.05) is 6.92 Å². The normalized spacial score (nSPS) is 32.4. The summed E-state index contributed by atoms with van der Waals surface area (Å²) < 4.78 is 4.95. The van der Waals surface area contributed by atoms with Crippen LogP contribution in [0.4, 0.5) is 0 Å². The predicted molar refractivity (Wildman–Crippen MR) is 37.5 cm³/mol. The van der Waals surface area contributed by atoms with Crippen LogP contribution in [0.25, 0.3) is 0 Å². The van der Waals surface area contributed by atoms with E-state index in [-0.39, 0.29) is 11.8 Å². The van der Waals surface area contributed by atoms with Gasteiger partial charge in [-0.1, -0.05) is 6.92 Å². The number of nitrogens with one attached hydrogen (secondary N) is 1. The first-order valence-corrected chi connectivity index (χ1v) is 3.52. The molecule has 3 nitrogen and oxygen atoms in total. The van der Waals surface area contributed by atoms with Crippen LogP contribution in [-0.4, -0.2) is 26.2 Å². The average Bonchev–Trinajstić information content (AvgIpc) is 2.20. The topological polar surface area (TPSA) is 38.3 Å². The Morgan fingerprint density at radius 3 is 2.90 bits per heavy atom. The second kappa shape index (κ2) is 3.01. The summed E-state index contributed by atoms with van der Waals surface area (Å²) in [6.07, 6.45) is 0. The Hall–Kier alpha value is -0.570. The number of amides is 1. The summed E-state index contributed by atoms with van der Waals surface area (Å²) in [7, 11) is 1.66. The van der Waals surface area contributed by atoms with E-state index < -0.39 is 0 Å². The lowest BCUT2D eigenvalue weighted by molar-refractivity contribution is -0.122. The lowest BCUT2D eigenvalue weighted by Gasteiger charge is -2.09. The molecular weight excluding hydrogens is 130 g/mol. The molecule has 1 fully saturated rings. The maximum atomic E-state index is 10.9. The minimum absolute atomic E-state index is 0.125. The maximum absolute atomic E-state index is 10.9. The quantitative estimate of drug-likeness (QED) is 0.591. The Balaban J connectivity index is 2.41. The summed E-state index contributed by atoms with van der Waals surface area (Å²) in [5, 5.41) is 2.79. The van der Waals surface area contributed by atoms with Gasteiger partial charge in [0.15, 0.2) is 0 Å². The Labute approximate surface area is 60.7 Å². The van der Waals surface area contributed by atoms with Crippen molar-refractivity contribution in [1.82, 2.24) is 5.32 Å². The van der Waals surface area contributed by atoms with Crippen LogP contribution >= 0.6 is 0 Å². The molecule has 1 rings (SSSR count). The molecule has 2 atom stereocenters. The van der Waals surface area contributed by atoms with E-state index in [1.165, 1.54) is 0 Å². The van der Waals surface area contributed by atoms with Gasteiger partial charge in [0.05, 0.1) is 6.61 Å². The molecule has 0 saturated carbocycles. The third kappa shape index (κ3) is 1.29. The largest absolute Gasteiger partial charge is 0.384 e. The number of carbonyl (C=O) groups excluding carboxylic acids is 1. The number of hydrogen-bond acceptors (Lipinski definition) is 2. The van der Waals surface area contributed by atoms with Gasteiger partial charge < -0.3 is 10.1 Å². The van der Waals surface area contributed by atoms with Crippen LogP contribution in [0, 0.1) is 11.8 Å². The van der Waals surface area contributed by atoms with E-state index in [0.717, 1.165) is 6.54 Å². The van der Waals surface area contributed by atoms with E-state index >= 15 is 0 Å². The zero-order valence-electron chi connectivity index (χ0n) is 6.39. The van der Waals surface area contributed by atoms with Crippen molar-refractivity contribution in [3.8, 4) is 0 Å². The van der Waals surface area contributed by atoms with Crippen molar-refractivity contribution in [3.63, 3.8) is 0 Å². The summed E-state index contributed by atoms with van der Waals surface area (Å²) in [6.45, 7) is 3.39. The monoisotopic (exact) mass is 143 g/mol. The molecule has 0 aromatic rings. The number of rotatable bonds is 2. The highest BCUT2D eigenvalue weighted by Gasteiger charge is 2.30. The van der Waals surface area contributed by atoms with Crippen molar-refractivity contribution in [1.29, 1.82) is 0 Å². The van der Waals surface area contributed by atoms with Gasteiger partial charge in [-0.3, -0.25) is 4.79 Å². The van der Waals surface area contributed by atoms with E-state index in [0.29, 0.717) is 12.5 Å². The predicted octanol–water partition coefficient (Wildman–Crippen LogP) is 0.0149. The van der Waals surface area contributed by atoms with Gasteiger partial charge in [-0.25, -0.2) is 0 Å². The first-order chi connectivity index (χ1) is 4.75. The molecule has 1 aliphatic rings. The zero-order valence-corrected chi connectivity index (χ0v) is 6.39. The number of hydrogen-bond donors (Lipinski definition) is 1. The van der Waals surface area contributed by atoms with Gasteiger partial charge >= 0.3 is 0 Å². The van der Waals surface area contributed by atoms with Crippen LogP contribution in [0.2, 0.25) is 0 Å². The molecule has 0 bridgehead atoms. The average molecular weight is 143 g/mol. The van der Waals surface area contributed by atoms with Gasteiger partial charge in [0.25, 0.3) is 0 Å². The molecule has 0 aromatic carbocycles. The molecular formula is C7H13NO2. The summed E-state index contributed by atoms with van der Waals surface area (Å²) in [6, 6.07) is 0. The second-order valence-corrected chi connectivity index (χ2v) is 2.75. The smallest absolute Gasteiger partial charge is 0.223 e. The first kappa shape index (κ1) is 7.54. The highest BCUT2D eigenvalue weighted by Crippen LogP contribution is 2.16. The molecule has 1 N–H and O–H groups in total. The lowest BCUT2D eigenvalue weighted by Crippen LogP contribution is -2.17. The van der Waals surface area contributed by atoms with Crippen LogP contribution in [0.15, 0.2) is 0 Å². The van der Waals surface area contributed by atoms with Crippen molar-refractivity contribution < 1.29 is 9.53 Å². The third-order valence-electron chi connectivity index (χ3n) is 2.04. The number of methoxy groups -OCH3 is 1. The Morgan fingerprint density at radius 2 is 2.50 bits per heavy atom. The molecule has 3 heteroatoms. The third-order valence-corrected chi connectivity index (χ3v) is 2.04. The molecule has 0 spiro atoms. The molecule has 0 aromatic heterocycles. The van der Waals surface area contributed by atoms with Gasteiger partial charge in [0.2, 0.25) is 5.91 Å². The van der Waals surface area contributed by atoms with E-state index in [1.54, 1.807) is 7.11 Å². The molecule has 10 heavy (non-hydrogen) atoms. The fraction of sp³-hybridized carbons (Fsp3) is 0.857. The van der Waals surface area contributed by atoms with Crippen molar-refractivity contribution >= 4 is 5.91 Å². The molecule has 0 radical (unpaired) electrons. The Kier molecular flexibility index (Phi) is 2.27. The zero-order chi connectivity index (χ0) is 7.56.